The molecule has 0 spiro atoms. The van der Waals surface area contributed by atoms with Gasteiger partial charge in [0.15, 0.2) is 11.6 Å². The van der Waals surface area contributed by atoms with Crippen molar-refractivity contribution in [2.24, 2.45) is 5.84 Å². The minimum atomic E-state index is -0.888. The zero-order chi connectivity index (χ0) is 14.0. The number of nitrogens with two attached hydrogens (primary N) is 1. The van der Waals surface area contributed by atoms with Crippen molar-refractivity contribution in [1.29, 1.82) is 0 Å². The smallest absolute Gasteiger partial charge is 0.163 e. The first-order valence-corrected chi connectivity index (χ1v) is 7.26. The Kier molecular flexibility index (Phi) is 4.88. The monoisotopic (exact) mass is 438 g/mol. The summed E-state index contributed by atoms with van der Waals surface area (Å²) in [5.74, 6) is 3.74. The molecule has 3 N–H and O–H groups in total. The van der Waals surface area contributed by atoms with E-state index in [1.807, 2.05) is 18.2 Å². The van der Waals surface area contributed by atoms with Crippen LogP contribution in [0.5, 0.6) is 0 Å². The van der Waals surface area contributed by atoms with Crippen LogP contribution in [0.1, 0.15) is 17.2 Å². The molecule has 0 saturated heterocycles. The van der Waals surface area contributed by atoms with Gasteiger partial charge in [0.05, 0.1) is 6.04 Å². The first-order chi connectivity index (χ1) is 9.04. The lowest BCUT2D eigenvalue weighted by Gasteiger charge is -2.19. The topological polar surface area (TPSA) is 38.0 Å². The maximum absolute atomic E-state index is 13.9. The Bertz CT molecular complexity index is 605. The molecule has 2 aromatic rings. The normalized spacial score (nSPS) is 12.5. The largest absolute Gasteiger partial charge is 0.271 e. The number of halogens is 4. The second-order valence-electron chi connectivity index (χ2n) is 3.91. The number of hydrogen-bond donors (Lipinski definition) is 2. The lowest BCUT2D eigenvalue weighted by atomic mass is 9.99. The summed E-state index contributed by atoms with van der Waals surface area (Å²) in [6, 6.07) is 9.03. The first kappa shape index (κ1) is 14.8. The van der Waals surface area contributed by atoms with Gasteiger partial charge in [0, 0.05) is 13.6 Å². The summed E-state index contributed by atoms with van der Waals surface area (Å²) in [4.78, 5) is 0. The van der Waals surface area contributed by atoms with E-state index in [0.29, 0.717) is 0 Å². The van der Waals surface area contributed by atoms with Gasteiger partial charge in [-0.2, -0.15) is 0 Å². The fraction of sp³-hybridized carbons (Fsp3) is 0.0769. The van der Waals surface area contributed by atoms with Crippen LogP contribution in [0.2, 0.25) is 0 Å². The third-order valence-electron chi connectivity index (χ3n) is 2.73. The van der Waals surface area contributed by atoms with Crippen LogP contribution in [0.3, 0.4) is 0 Å². The highest BCUT2D eigenvalue weighted by molar-refractivity contribution is 14.1. The van der Waals surface area contributed by atoms with E-state index in [-0.39, 0.29) is 5.56 Å². The van der Waals surface area contributed by atoms with Crippen molar-refractivity contribution in [3.8, 4) is 0 Å². The number of rotatable bonds is 3. The molecule has 0 aliphatic carbocycles. The van der Waals surface area contributed by atoms with E-state index in [0.717, 1.165) is 19.7 Å². The summed E-state index contributed by atoms with van der Waals surface area (Å²) in [7, 11) is 0. The fourth-order valence-electron chi connectivity index (χ4n) is 1.83. The van der Waals surface area contributed by atoms with Crippen LogP contribution in [0.15, 0.2) is 40.9 Å². The Morgan fingerprint density at radius 2 is 1.89 bits per heavy atom. The third-order valence-corrected chi connectivity index (χ3v) is 4.20. The molecule has 2 nitrogen and oxygen atoms in total. The summed E-state index contributed by atoms with van der Waals surface area (Å²) in [6.45, 7) is 0. The minimum absolute atomic E-state index is 0.179. The van der Waals surface area contributed by atoms with E-state index in [1.54, 1.807) is 0 Å². The van der Waals surface area contributed by atoms with E-state index >= 15 is 0 Å². The molecule has 0 amide bonds. The molecule has 0 aliphatic rings. The van der Waals surface area contributed by atoms with Crippen LogP contribution >= 0.6 is 38.5 Å². The predicted molar refractivity (Wildman–Crippen MR) is 82.4 cm³/mol. The minimum Gasteiger partial charge on any atom is -0.271 e. The molecule has 1 atom stereocenters. The van der Waals surface area contributed by atoms with Gasteiger partial charge < -0.3 is 0 Å². The molecule has 0 saturated carbocycles. The molecule has 2 aromatic carbocycles. The zero-order valence-corrected chi connectivity index (χ0v) is 13.4. The van der Waals surface area contributed by atoms with Crippen LogP contribution in [0.25, 0.3) is 0 Å². The highest BCUT2D eigenvalue weighted by Crippen LogP contribution is 2.30. The van der Waals surface area contributed by atoms with Gasteiger partial charge in [-0.05, 0) is 52.4 Å². The van der Waals surface area contributed by atoms with Crippen LogP contribution < -0.4 is 11.3 Å². The Hall–Kier alpha value is -0.570. The van der Waals surface area contributed by atoms with Gasteiger partial charge in [-0.15, -0.1) is 0 Å². The molecular formula is C13H10BrF2IN2. The van der Waals surface area contributed by atoms with Crippen LogP contribution in [0, 0.1) is 15.2 Å². The summed E-state index contributed by atoms with van der Waals surface area (Å²) in [6.07, 6.45) is 0. The average Bonchev–Trinajstić information content (AvgIpc) is 2.39. The standard InChI is InChI=1S/C13H10BrF2IN2/c14-7-4-5-11(17)9(6-7)13(19-18)8-2-1-3-10(15)12(8)16/h1-6,13,19H,18H2. The molecule has 0 radical (unpaired) electrons. The molecule has 0 bridgehead atoms. The number of hydrogen-bond acceptors (Lipinski definition) is 2. The number of hydrazine groups is 1. The van der Waals surface area contributed by atoms with Crippen molar-refractivity contribution >= 4 is 38.5 Å². The van der Waals surface area contributed by atoms with Crippen molar-refractivity contribution in [3.05, 3.63) is 67.2 Å². The first-order valence-electron chi connectivity index (χ1n) is 5.39. The summed E-state index contributed by atoms with van der Waals surface area (Å²) in [5, 5.41) is 0. The van der Waals surface area contributed by atoms with Gasteiger partial charge in [-0.1, -0.05) is 28.1 Å². The predicted octanol–water partition coefficient (Wildman–Crippen LogP) is 3.88. The summed E-state index contributed by atoms with van der Waals surface area (Å²) >= 11 is 5.49. The molecule has 0 aromatic heterocycles. The van der Waals surface area contributed by atoms with E-state index in [1.165, 1.54) is 12.1 Å². The molecular weight excluding hydrogens is 429 g/mol. The lowest BCUT2D eigenvalue weighted by Crippen LogP contribution is -2.30. The van der Waals surface area contributed by atoms with Gasteiger partial charge >= 0.3 is 0 Å². The highest BCUT2D eigenvalue weighted by Gasteiger charge is 2.21. The molecule has 1 unspecified atom stereocenters. The quantitative estimate of drug-likeness (QED) is 0.433. The molecule has 0 aliphatic heterocycles. The second kappa shape index (κ2) is 6.25. The Morgan fingerprint density at radius 1 is 1.16 bits per heavy atom. The van der Waals surface area contributed by atoms with Gasteiger partial charge in [-0.25, -0.2) is 14.2 Å². The Labute approximate surface area is 131 Å². The van der Waals surface area contributed by atoms with Crippen LogP contribution in [-0.2, 0) is 0 Å². The molecule has 100 valence electrons. The molecule has 2 rings (SSSR count). The van der Waals surface area contributed by atoms with E-state index < -0.39 is 17.7 Å². The van der Waals surface area contributed by atoms with Crippen LogP contribution in [-0.4, -0.2) is 0 Å². The van der Waals surface area contributed by atoms with Crippen molar-refractivity contribution in [1.82, 2.24) is 5.43 Å². The zero-order valence-electron chi connectivity index (χ0n) is 9.63. The van der Waals surface area contributed by atoms with Crippen LogP contribution in [0.4, 0.5) is 8.78 Å². The maximum atomic E-state index is 13.9. The molecule has 6 heteroatoms. The van der Waals surface area contributed by atoms with E-state index in [9.17, 15) is 8.78 Å². The van der Waals surface area contributed by atoms with Gasteiger partial charge in [0.1, 0.15) is 0 Å². The number of benzene rings is 2. The van der Waals surface area contributed by atoms with Crippen molar-refractivity contribution in [3.63, 3.8) is 0 Å². The number of nitrogens with one attached hydrogen (secondary N) is 1. The van der Waals surface area contributed by atoms with Crippen molar-refractivity contribution in [2.45, 2.75) is 6.04 Å². The van der Waals surface area contributed by atoms with Crippen molar-refractivity contribution in [2.75, 3.05) is 0 Å². The van der Waals surface area contributed by atoms with Gasteiger partial charge in [-0.3, -0.25) is 5.84 Å². The SMILES string of the molecule is NNC(c1cc(Br)ccc1I)c1cccc(F)c1F. The summed E-state index contributed by atoms with van der Waals surface area (Å²) in [5.41, 5.74) is 3.50. The maximum Gasteiger partial charge on any atom is 0.163 e. The fourth-order valence-corrected chi connectivity index (χ4v) is 2.85. The highest BCUT2D eigenvalue weighted by atomic mass is 127. The average molecular weight is 439 g/mol. The lowest BCUT2D eigenvalue weighted by molar-refractivity contribution is 0.482. The summed E-state index contributed by atoms with van der Waals surface area (Å²) < 4.78 is 28.9. The Morgan fingerprint density at radius 3 is 2.58 bits per heavy atom. The molecule has 0 heterocycles. The third kappa shape index (κ3) is 3.13. The Balaban J connectivity index is 2.56. The molecule has 19 heavy (non-hydrogen) atoms. The molecule has 0 fully saturated rings. The second-order valence-corrected chi connectivity index (χ2v) is 5.99. The van der Waals surface area contributed by atoms with E-state index in [4.69, 9.17) is 5.84 Å². The van der Waals surface area contributed by atoms with Gasteiger partial charge in [0.2, 0.25) is 0 Å². The van der Waals surface area contributed by atoms with Gasteiger partial charge in [0.25, 0.3) is 0 Å². The van der Waals surface area contributed by atoms with E-state index in [2.05, 4.69) is 43.9 Å². The van der Waals surface area contributed by atoms with Crippen molar-refractivity contribution < 1.29 is 8.78 Å².